The molecule has 0 aliphatic carbocycles. The molecule has 1 aromatic carbocycles. The molecule has 1 N–H and O–H groups in total. The van der Waals surface area contributed by atoms with Crippen molar-refractivity contribution in [2.45, 2.75) is 32.7 Å². The van der Waals surface area contributed by atoms with Gasteiger partial charge in [0.05, 0.1) is 25.1 Å². The van der Waals surface area contributed by atoms with Gasteiger partial charge in [-0.2, -0.15) is 0 Å². The van der Waals surface area contributed by atoms with E-state index in [9.17, 15) is 9.59 Å². The number of nitrogens with zero attached hydrogens (tertiary/aromatic N) is 1. The van der Waals surface area contributed by atoms with Crippen LogP contribution in [0, 0.1) is 5.92 Å². The molecule has 1 aliphatic heterocycles. The van der Waals surface area contributed by atoms with Gasteiger partial charge in [-0.1, -0.05) is 23.7 Å². The van der Waals surface area contributed by atoms with E-state index in [-0.39, 0.29) is 23.8 Å². The van der Waals surface area contributed by atoms with E-state index in [1.54, 1.807) is 0 Å². The first-order chi connectivity index (χ1) is 11.5. The van der Waals surface area contributed by atoms with Crippen LogP contribution < -0.4 is 5.32 Å². The van der Waals surface area contributed by atoms with Crippen LogP contribution >= 0.6 is 11.6 Å². The molecule has 0 aromatic heterocycles. The summed E-state index contributed by atoms with van der Waals surface area (Å²) in [6.45, 7) is 6.03. The van der Waals surface area contributed by atoms with Gasteiger partial charge in [0, 0.05) is 5.02 Å². The predicted octanol–water partition coefficient (Wildman–Crippen LogP) is 2.79. The third-order valence-electron chi connectivity index (χ3n) is 4.32. The number of carbonyl (C=O) groups excluding carboxylic acids is 2. The fraction of sp³-hybridized carbons (Fsp3) is 0.556. The van der Waals surface area contributed by atoms with E-state index in [4.69, 9.17) is 16.3 Å². The van der Waals surface area contributed by atoms with Crippen LogP contribution in [0.5, 0.6) is 0 Å². The number of halogens is 1. The van der Waals surface area contributed by atoms with Crippen molar-refractivity contribution in [2.24, 2.45) is 5.92 Å². The summed E-state index contributed by atoms with van der Waals surface area (Å²) in [6, 6.07) is 7.40. The van der Waals surface area contributed by atoms with Crippen molar-refractivity contribution in [3.8, 4) is 0 Å². The van der Waals surface area contributed by atoms with Crippen molar-refractivity contribution >= 4 is 23.5 Å². The number of hydrogen-bond acceptors (Lipinski definition) is 4. The van der Waals surface area contributed by atoms with E-state index < -0.39 is 0 Å². The van der Waals surface area contributed by atoms with Gasteiger partial charge in [-0.25, -0.2) is 0 Å². The molecule has 1 aromatic rings. The number of ether oxygens (including phenoxy) is 1. The third kappa shape index (κ3) is 5.49. The summed E-state index contributed by atoms with van der Waals surface area (Å²) in [5.74, 6) is -0.151. The number of esters is 1. The van der Waals surface area contributed by atoms with Gasteiger partial charge in [-0.15, -0.1) is 0 Å². The molecule has 0 unspecified atom stereocenters. The SMILES string of the molecule is CCOC(=O)C1CCN(CC(=O)N[C@@H](C)c2ccc(Cl)cc2)CC1. The van der Waals surface area contributed by atoms with E-state index in [1.807, 2.05) is 38.1 Å². The normalized spacial score (nSPS) is 17.3. The largest absolute Gasteiger partial charge is 0.466 e. The Morgan fingerprint density at radius 1 is 1.29 bits per heavy atom. The Morgan fingerprint density at radius 3 is 2.50 bits per heavy atom. The van der Waals surface area contributed by atoms with Crippen molar-refractivity contribution in [1.82, 2.24) is 10.2 Å². The fourth-order valence-electron chi connectivity index (χ4n) is 2.91. The van der Waals surface area contributed by atoms with Gasteiger partial charge < -0.3 is 10.1 Å². The van der Waals surface area contributed by atoms with E-state index >= 15 is 0 Å². The van der Waals surface area contributed by atoms with Gasteiger partial charge in [0.2, 0.25) is 5.91 Å². The van der Waals surface area contributed by atoms with Gasteiger partial charge in [0.25, 0.3) is 0 Å². The maximum absolute atomic E-state index is 12.2. The maximum atomic E-state index is 12.2. The Labute approximate surface area is 148 Å². The highest BCUT2D eigenvalue weighted by Crippen LogP contribution is 2.19. The minimum Gasteiger partial charge on any atom is -0.466 e. The summed E-state index contributed by atoms with van der Waals surface area (Å²) >= 11 is 5.88. The number of likely N-dealkylation sites (tertiary alicyclic amines) is 1. The Morgan fingerprint density at radius 2 is 1.92 bits per heavy atom. The van der Waals surface area contributed by atoms with Crippen LogP contribution in [-0.4, -0.2) is 43.0 Å². The zero-order valence-electron chi connectivity index (χ0n) is 14.3. The highest BCUT2D eigenvalue weighted by molar-refractivity contribution is 6.30. The molecule has 24 heavy (non-hydrogen) atoms. The standard InChI is InChI=1S/C18H25ClN2O3/c1-3-24-18(23)15-8-10-21(11-9-15)12-17(22)20-13(2)14-4-6-16(19)7-5-14/h4-7,13,15H,3,8-12H2,1-2H3,(H,20,22)/t13-/m0/s1. The van der Waals surface area contributed by atoms with Gasteiger partial charge in [0.15, 0.2) is 0 Å². The third-order valence-corrected chi connectivity index (χ3v) is 4.57. The summed E-state index contributed by atoms with van der Waals surface area (Å²) in [4.78, 5) is 26.0. The molecule has 1 aliphatic rings. The molecule has 0 radical (unpaired) electrons. The zero-order chi connectivity index (χ0) is 17.5. The second-order valence-electron chi connectivity index (χ2n) is 6.14. The highest BCUT2D eigenvalue weighted by Gasteiger charge is 2.26. The molecule has 132 valence electrons. The summed E-state index contributed by atoms with van der Waals surface area (Å²) in [6.07, 6.45) is 1.50. The number of piperidine rings is 1. The smallest absolute Gasteiger partial charge is 0.309 e. The summed E-state index contributed by atoms with van der Waals surface area (Å²) < 4.78 is 5.06. The fourth-order valence-corrected chi connectivity index (χ4v) is 3.04. The molecule has 6 heteroatoms. The molecule has 1 saturated heterocycles. The molecule has 5 nitrogen and oxygen atoms in total. The summed E-state index contributed by atoms with van der Waals surface area (Å²) in [5.41, 5.74) is 1.02. The van der Waals surface area contributed by atoms with Crippen molar-refractivity contribution in [3.05, 3.63) is 34.9 Å². The predicted molar refractivity (Wildman–Crippen MR) is 93.8 cm³/mol. The molecular weight excluding hydrogens is 328 g/mol. The number of nitrogens with one attached hydrogen (secondary N) is 1. The van der Waals surface area contributed by atoms with Gasteiger partial charge in [-0.05, 0) is 57.5 Å². The van der Waals surface area contributed by atoms with Crippen LogP contribution in [0.3, 0.4) is 0 Å². The maximum Gasteiger partial charge on any atom is 0.309 e. The topological polar surface area (TPSA) is 58.6 Å². The minimum absolute atomic E-state index is 0.00738. The van der Waals surface area contributed by atoms with Crippen molar-refractivity contribution < 1.29 is 14.3 Å². The zero-order valence-corrected chi connectivity index (χ0v) is 15.0. The van der Waals surface area contributed by atoms with Gasteiger partial charge in [-0.3, -0.25) is 14.5 Å². The van der Waals surface area contributed by atoms with Crippen LogP contribution in [0.1, 0.15) is 38.3 Å². The number of rotatable bonds is 6. The van der Waals surface area contributed by atoms with E-state index in [2.05, 4.69) is 10.2 Å². The average molecular weight is 353 g/mol. The van der Waals surface area contributed by atoms with Crippen LogP contribution in [0.2, 0.25) is 5.02 Å². The Hall–Kier alpha value is -1.59. The Balaban J connectivity index is 1.75. The first-order valence-electron chi connectivity index (χ1n) is 8.43. The second kappa shape index (κ2) is 9.04. The molecular formula is C18H25ClN2O3. The lowest BCUT2D eigenvalue weighted by atomic mass is 9.97. The van der Waals surface area contributed by atoms with Gasteiger partial charge >= 0.3 is 5.97 Å². The molecule has 1 fully saturated rings. The van der Waals surface area contributed by atoms with E-state index in [1.165, 1.54) is 0 Å². The second-order valence-corrected chi connectivity index (χ2v) is 6.58. The molecule has 1 heterocycles. The van der Waals surface area contributed by atoms with Crippen LogP contribution in [0.25, 0.3) is 0 Å². The molecule has 2 rings (SSSR count). The molecule has 1 amide bonds. The molecule has 0 spiro atoms. The molecule has 1 atom stereocenters. The van der Waals surface area contributed by atoms with Crippen molar-refractivity contribution in [3.63, 3.8) is 0 Å². The quantitative estimate of drug-likeness (QED) is 0.800. The summed E-state index contributed by atoms with van der Waals surface area (Å²) in [7, 11) is 0. The van der Waals surface area contributed by atoms with Crippen molar-refractivity contribution in [2.75, 3.05) is 26.2 Å². The van der Waals surface area contributed by atoms with E-state index in [0.717, 1.165) is 31.5 Å². The number of amides is 1. The number of hydrogen-bond donors (Lipinski definition) is 1. The summed E-state index contributed by atoms with van der Waals surface area (Å²) in [5, 5.41) is 3.68. The van der Waals surface area contributed by atoms with Crippen LogP contribution in [-0.2, 0) is 14.3 Å². The minimum atomic E-state index is -0.113. The van der Waals surface area contributed by atoms with E-state index in [0.29, 0.717) is 18.2 Å². The Kier molecular flexibility index (Phi) is 7.06. The van der Waals surface area contributed by atoms with Crippen molar-refractivity contribution in [1.29, 1.82) is 0 Å². The molecule has 0 bridgehead atoms. The molecule has 0 saturated carbocycles. The first-order valence-corrected chi connectivity index (χ1v) is 8.81. The van der Waals surface area contributed by atoms with Crippen LogP contribution in [0.15, 0.2) is 24.3 Å². The number of carbonyl (C=O) groups is 2. The Bertz CT molecular complexity index is 554. The lowest BCUT2D eigenvalue weighted by molar-refractivity contribution is -0.149. The average Bonchev–Trinajstić information content (AvgIpc) is 2.56. The monoisotopic (exact) mass is 352 g/mol. The lowest BCUT2D eigenvalue weighted by Gasteiger charge is -2.30. The van der Waals surface area contributed by atoms with Crippen LogP contribution in [0.4, 0.5) is 0 Å². The van der Waals surface area contributed by atoms with Gasteiger partial charge in [0.1, 0.15) is 0 Å². The lowest BCUT2D eigenvalue weighted by Crippen LogP contribution is -2.43. The number of benzene rings is 1. The highest BCUT2D eigenvalue weighted by atomic mass is 35.5. The first kappa shape index (κ1) is 18.7.